The summed E-state index contributed by atoms with van der Waals surface area (Å²) in [6.45, 7) is 5.88. The van der Waals surface area contributed by atoms with E-state index in [4.69, 9.17) is 0 Å². The first-order valence-electron chi connectivity index (χ1n) is 3.39. The maximum Gasteiger partial charge on any atom is 1.00 e. The molecule has 0 aliphatic carbocycles. The molecule has 0 atom stereocenters. The Labute approximate surface area is 80.1 Å². The van der Waals surface area contributed by atoms with Crippen molar-refractivity contribution in [1.29, 1.82) is 0 Å². The van der Waals surface area contributed by atoms with E-state index in [0.717, 1.165) is 19.3 Å². The summed E-state index contributed by atoms with van der Waals surface area (Å²) in [5, 5.41) is 11.2. The molecule has 0 aromatic carbocycles. The predicted octanol–water partition coefficient (Wildman–Crippen LogP) is -1.68. The van der Waals surface area contributed by atoms with Crippen LogP contribution in [-0.2, 0) is 0 Å². The van der Waals surface area contributed by atoms with Crippen LogP contribution in [0.3, 0.4) is 0 Å². The van der Waals surface area contributed by atoms with Gasteiger partial charge in [-0.1, -0.05) is 40.0 Å². The van der Waals surface area contributed by atoms with E-state index in [1.54, 1.807) is 0 Å². The van der Waals surface area contributed by atoms with Gasteiger partial charge in [0.05, 0.1) is 0 Å². The molecule has 0 aromatic heterocycles. The molecule has 0 aliphatic heterocycles. The van der Waals surface area contributed by atoms with E-state index in [1.807, 2.05) is 20.8 Å². The molecule has 1 nitrogen and oxygen atoms in total. The van der Waals surface area contributed by atoms with Crippen LogP contribution in [0.5, 0.6) is 0 Å². The van der Waals surface area contributed by atoms with Crippen LogP contribution in [0.1, 0.15) is 40.0 Å². The third-order valence-electron chi connectivity index (χ3n) is 1.93. The smallest absolute Gasteiger partial charge is 0.849 e. The molecule has 0 heterocycles. The van der Waals surface area contributed by atoms with E-state index in [-0.39, 0.29) is 29.6 Å². The maximum absolute atomic E-state index is 11.2. The average Bonchev–Trinajstić information content (AvgIpc) is 1.87. The molecule has 9 heavy (non-hydrogen) atoms. The summed E-state index contributed by atoms with van der Waals surface area (Å²) in [7, 11) is 0. The standard InChI is InChI=1S/C7H15O.Na/c1-4-7(8,5-2)6-3;/h4-6H2,1-3H3;/q-1;+1. The molecule has 0 radical (unpaired) electrons. The van der Waals surface area contributed by atoms with Crippen LogP contribution in [0.4, 0.5) is 0 Å². The fraction of sp³-hybridized carbons (Fsp3) is 1.00. The molecule has 0 unspecified atom stereocenters. The Bertz CT molecular complexity index is 51.7. The van der Waals surface area contributed by atoms with Gasteiger partial charge in [0, 0.05) is 0 Å². The minimum absolute atomic E-state index is 0. The molecule has 0 saturated carbocycles. The predicted molar refractivity (Wildman–Crippen MR) is 33.6 cm³/mol. The third kappa shape index (κ3) is 4.38. The van der Waals surface area contributed by atoms with Gasteiger partial charge in [-0.3, -0.25) is 0 Å². The average molecular weight is 138 g/mol. The maximum atomic E-state index is 11.2. The van der Waals surface area contributed by atoms with E-state index in [0.29, 0.717) is 0 Å². The zero-order valence-electron chi connectivity index (χ0n) is 7.03. The summed E-state index contributed by atoms with van der Waals surface area (Å²) < 4.78 is 0. The van der Waals surface area contributed by atoms with Crippen LogP contribution < -0.4 is 34.7 Å². The van der Waals surface area contributed by atoms with Crippen molar-refractivity contribution in [2.45, 2.75) is 45.6 Å². The summed E-state index contributed by atoms with van der Waals surface area (Å²) in [6, 6.07) is 0. The molecule has 0 aromatic rings. The summed E-state index contributed by atoms with van der Waals surface area (Å²) in [5.41, 5.74) is -0.625. The molecule has 0 bridgehead atoms. The van der Waals surface area contributed by atoms with Crippen molar-refractivity contribution in [3.05, 3.63) is 0 Å². The van der Waals surface area contributed by atoms with Crippen LogP contribution in [0.2, 0.25) is 0 Å². The Balaban J connectivity index is 0. The number of rotatable bonds is 3. The van der Waals surface area contributed by atoms with E-state index in [1.165, 1.54) is 0 Å². The van der Waals surface area contributed by atoms with Crippen LogP contribution in [-0.4, -0.2) is 5.60 Å². The molecule has 0 fully saturated rings. The second-order valence-corrected chi connectivity index (χ2v) is 2.24. The van der Waals surface area contributed by atoms with Gasteiger partial charge in [-0.05, 0) is 0 Å². The normalized spacial score (nSPS) is 10.7. The van der Waals surface area contributed by atoms with Crippen LogP contribution in [0.15, 0.2) is 0 Å². The Hall–Kier alpha value is 0.960. The molecule has 0 N–H and O–H groups in total. The first-order valence-corrected chi connectivity index (χ1v) is 3.39. The topological polar surface area (TPSA) is 23.1 Å². The second-order valence-electron chi connectivity index (χ2n) is 2.24. The monoisotopic (exact) mass is 138 g/mol. The molecule has 0 spiro atoms. The van der Waals surface area contributed by atoms with Crippen molar-refractivity contribution in [3.8, 4) is 0 Å². The van der Waals surface area contributed by atoms with Gasteiger partial charge < -0.3 is 5.11 Å². The largest absolute Gasteiger partial charge is 1.00 e. The summed E-state index contributed by atoms with van der Waals surface area (Å²) in [4.78, 5) is 0. The fourth-order valence-electron chi connectivity index (χ4n) is 0.750. The van der Waals surface area contributed by atoms with Gasteiger partial charge in [-0.15, -0.1) is 5.60 Å². The quantitative estimate of drug-likeness (QED) is 0.427. The minimum atomic E-state index is -0.625. The number of hydrogen-bond acceptors (Lipinski definition) is 1. The molecule has 0 aliphatic rings. The SMILES string of the molecule is CCC([O-])(CC)CC.[Na+]. The Kier molecular flexibility index (Phi) is 8.02. The minimum Gasteiger partial charge on any atom is -0.849 e. The van der Waals surface area contributed by atoms with Crippen molar-refractivity contribution < 1.29 is 34.7 Å². The van der Waals surface area contributed by atoms with Gasteiger partial charge in [0.25, 0.3) is 0 Å². The van der Waals surface area contributed by atoms with Gasteiger partial charge in [0.1, 0.15) is 0 Å². The molecule has 0 saturated heterocycles. The van der Waals surface area contributed by atoms with Gasteiger partial charge in [0.15, 0.2) is 0 Å². The third-order valence-corrected chi connectivity index (χ3v) is 1.93. The van der Waals surface area contributed by atoms with Crippen molar-refractivity contribution in [3.63, 3.8) is 0 Å². The zero-order valence-corrected chi connectivity index (χ0v) is 9.03. The van der Waals surface area contributed by atoms with E-state index >= 15 is 0 Å². The van der Waals surface area contributed by atoms with E-state index < -0.39 is 5.60 Å². The van der Waals surface area contributed by atoms with Crippen molar-refractivity contribution in [2.75, 3.05) is 0 Å². The number of hydrogen-bond donors (Lipinski definition) is 0. The van der Waals surface area contributed by atoms with Gasteiger partial charge in [0.2, 0.25) is 0 Å². The van der Waals surface area contributed by atoms with Crippen molar-refractivity contribution in [2.24, 2.45) is 0 Å². The first kappa shape index (κ1) is 12.6. The zero-order chi connectivity index (χ0) is 6.62. The molecular weight excluding hydrogens is 123 g/mol. The molecule has 2 heteroatoms. The van der Waals surface area contributed by atoms with Crippen molar-refractivity contribution >= 4 is 0 Å². The van der Waals surface area contributed by atoms with Crippen molar-refractivity contribution in [1.82, 2.24) is 0 Å². The summed E-state index contributed by atoms with van der Waals surface area (Å²) in [5.74, 6) is 0. The van der Waals surface area contributed by atoms with Crippen LogP contribution >= 0.6 is 0 Å². The first-order chi connectivity index (χ1) is 3.68. The van der Waals surface area contributed by atoms with Gasteiger partial charge in [-0.2, -0.15) is 0 Å². The van der Waals surface area contributed by atoms with Gasteiger partial charge in [-0.25, -0.2) is 0 Å². The molecule has 50 valence electrons. The Morgan fingerprint density at radius 1 is 1.00 bits per heavy atom. The summed E-state index contributed by atoms with van der Waals surface area (Å²) in [6.07, 6.45) is 2.29. The van der Waals surface area contributed by atoms with Crippen LogP contribution in [0, 0.1) is 0 Å². The molecule has 0 amide bonds. The molecular formula is C7H15NaO. The van der Waals surface area contributed by atoms with Crippen LogP contribution in [0.25, 0.3) is 0 Å². The van der Waals surface area contributed by atoms with E-state index in [9.17, 15) is 5.11 Å². The van der Waals surface area contributed by atoms with Gasteiger partial charge >= 0.3 is 29.6 Å². The second kappa shape index (κ2) is 5.72. The van der Waals surface area contributed by atoms with E-state index in [2.05, 4.69) is 0 Å². The Morgan fingerprint density at radius 2 is 1.22 bits per heavy atom. The molecule has 0 rings (SSSR count). The fourth-order valence-corrected chi connectivity index (χ4v) is 0.750. The summed E-state index contributed by atoms with van der Waals surface area (Å²) >= 11 is 0. The Morgan fingerprint density at radius 3 is 1.22 bits per heavy atom.